The highest BCUT2D eigenvalue weighted by Gasteiger charge is 2.22. The molecule has 0 aliphatic carbocycles. The Hall–Kier alpha value is -1.36. The molecule has 2 rings (SSSR count). The van der Waals surface area contributed by atoms with Crippen LogP contribution in [0.4, 0.5) is 0 Å². The van der Waals surface area contributed by atoms with Crippen LogP contribution in [0, 0.1) is 0 Å². The molecule has 0 N–H and O–H groups in total. The number of likely N-dealkylation sites (N-methyl/N-ethyl adjacent to an activating group) is 1. The zero-order chi connectivity index (χ0) is 10.8. The van der Waals surface area contributed by atoms with Crippen molar-refractivity contribution >= 4 is 5.97 Å². The van der Waals surface area contributed by atoms with Crippen LogP contribution in [0.1, 0.15) is 23.0 Å². The predicted molar refractivity (Wildman–Crippen MR) is 54.5 cm³/mol. The molecule has 0 amide bonds. The number of rotatable bonds is 2. The van der Waals surface area contributed by atoms with Gasteiger partial charge in [-0.15, -0.1) is 0 Å². The van der Waals surface area contributed by atoms with Crippen molar-refractivity contribution in [1.82, 2.24) is 14.7 Å². The third-order valence-corrected chi connectivity index (χ3v) is 2.56. The van der Waals surface area contributed by atoms with E-state index in [1.54, 1.807) is 13.1 Å². The Labute approximate surface area is 88.6 Å². The van der Waals surface area contributed by atoms with Crippen molar-refractivity contribution in [3.8, 4) is 0 Å². The Morgan fingerprint density at radius 1 is 1.60 bits per heavy atom. The lowest BCUT2D eigenvalue weighted by molar-refractivity contribution is 0.0523. The zero-order valence-electron chi connectivity index (χ0n) is 9.06. The summed E-state index contributed by atoms with van der Waals surface area (Å²) in [7, 11) is 2.03. The second-order valence-electron chi connectivity index (χ2n) is 3.69. The number of hydrogen-bond acceptors (Lipinski definition) is 4. The van der Waals surface area contributed by atoms with Gasteiger partial charge in [-0.25, -0.2) is 4.79 Å². The minimum atomic E-state index is -0.269. The van der Waals surface area contributed by atoms with Crippen LogP contribution >= 0.6 is 0 Å². The Bertz CT molecular complexity index is 373. The molecule has 1 aromatic rings. The van der Waals surface area contributed by atoms with E-state index in [0.717, 1.165) is 25.3 Å². The summed E-state index contributed by atoms with van der Waals surface area (Å²) < 4.78 is 6.86. The largest absolute Gasteiger partial charge is 0.462 e. The van der Waals surface area contributed by atoms with Gasteiger partial charge < -0.3 is 4.74 Å². The van der Waals surface area contributed by atoms with E-state index in [4.69, 9.17) is 4.74 Å². The third kappa shape index (κ3) is 1.87. The smallest absolute Gasteiger partial charge is 0.341 e. The first-order chi connectivity index (χ1) is 7.22. The molecule has 0 saturated carbocycles. The maximum absolute atomic E-state index is 11.6. The standard InChI is InChI=1S/C10H15N3O2/c1-3-15-10(14)8-6-11-13-5-4-12(2)7-9(8)13/h6H,3-5,7H2,1-2H3. The highest BCUT2D eigenvalue weighted by molar-refractivity contribution is 5.90. The highest BCUT2D eigenvalue weighted by atomic mass is 16.5. The van der Waals surface area contributed by atoms with Gasteiger partial charge in [0.25, 0.3) is 0 Å². The van der Waals surface area contributed by atoms with E-state index in [9.17, 15) is 4.79 Å². The molecule has 15 heavy (non-hydrogen) atoms. The lowest BCUT2D eigenvalue weighted by atomic mass is 10.2. The molecule has 0 radical (unpaired) electrons. The van der Waals surface area contributed by atoms with E-state index in [1.807, 2.05) is 11.7 Å². The summed E-state index contributed by atoms with van der Waals surface area (Å²) in [4.78, 5) is 13.8. The fourth-order valence-corrected chi connectivity index (χ4v) is 1.75. The molecular weight excluding hydrogens is 194 g/mol. The molecule has 82 valence electrons. The van der Waals surface area contributed by atoms with Gasteiger partial charge >= 0.3 is 5.97 Å². The Morgan fingerprint density at radius 3 is 3.13 bits per heavy atom. The fraction of sp³-hybridized carbons (Fsp3) is 0.600. The first-order valence-electron chi connectivity index (χ1n) is 5.12. The molecule has 0 spiro atoms. The SMILES string of the molecule is CCOC(=O)c1cnn2c1CN(C)CC2. The topological polar surface area (TPSA) is 47.4 Å². The number of aromatic nitrogens is 2. The van der Waals surface area contributed by atoms with Crippen LogP contribution in [-0.4, -0.2) is 40.8 Å². The average molecular weight is 209 g/mol. The normalized spacial score (nSPS) is 16.1. The number of esters is 1. The van der Waals surface area contributed by atoms with Gasteiger partial charge in [-0.05, 0) is 14.0 Å². The van der Waals surface area contributed by atoms with Crippen LogP contribution in [0.2, 0.25) is 0 Å². The van der Waals surface area contributed by atoms with Gasteiger partial charge in [-0.2, -0.15) is 5.10 Å². The number of hydrogen-bond donors (Lipinski definition) is 0. The van der Waals surface area contributed by atoms with Gasteiger partial charge in [0.1, 0.15) is 5.56 Å². The van der Waals surface area contributed by atoms with Gasteiger partial charge in [-0.1, -0.05) is 0 Å². The summed E-state index contributed by atoms with van der Waals surface area (Å²) in [5, 5.41) is 4.18. The second-order valence-corrected chi connectivity index (χ2v) is 3.69. The molecular formula is C10H15N3O2. The maximum atomic E-state index is 11.6. The van der Waals surface area contributed by atoms with Crippen molar-refractivity contribution in [3.05, 3.63) is 17.5 Å². The number of ether oxygens (including phenoxy) is 1. The van der Waals surface area contributed by atoms with Crippen LogP contribution in [-0.2, 0) is 17.8 Å². The van der Waals surface area contributed by atoms with Crippen LogP contribution in [0.25, 0.3) is 0 Å². The molecule has 1 aliphatic rings. The molecule has 0 saturated heterocycles. The molecule has 1 aliphatic heterocycles. The van der Waals surface area contributed by atoms with Gasteiger partial charge in [0.05, 0.1) is 25.0 Å². The second kappa shape index (κ2) is 4.02. The molecule has 0 bridgehead atoms. The molecule has 0 fully saturated rings. The summed E-state index contributed by atoms with van der Waals surface area (Å²) in [6.45, 7) is 4.77. The predicted octanol–water partition coefficient (Wildman–Crippen LogP) is 0.505. The first-order valence-corrected chi connectivity index (χ1v) is 5.12. The molecule has 0 atom stereocenters. The number of fused-ring (bicyclic) bond motifs is 1. The Balaban J connectivity index is 2.26. The summed E-state index contributed by atoms with van der Waals surface area (Å²) in [5.74, 6) is -0.269. The van der Waals surface area contributed by atoms with Crippen molar-refractivity contribution in [1.29, 1.82) is 0 Å². The van der Waals surface area contributed by atoms with E-state index < -0.39 is 0 Å². The van der Waals surface area contributed by atoms with Crippen LogP contribution in [0.5, 0.6) is 0 Å². The Kier molecular flexibility index (Phi) is 2.73. The zero-order valence-corrected chi connectivity index (χ0v) is 9.06. The minimum Gasteiger partial charge on any atom is -0.462 e. The average Bonchev–Trinajstić information content (AvgIpc) is 2.60. The van der Waals surface area contributed by atoms with Crippen molar-refractivity contribution in [3.63, 3.8) is 0 Å². The van der Waals surface area contributed by atoms with E-state index in [1.165, 1.54) is 0 Å². The summed E-state index contributed by atoms with van der Waals surface area (Å²) in [5.41, 5.74) is 1.56. The van der Waals surface area contributed by atoms with Crippen molar-refractivity contribution in [2.24, 2.45) is 0 Å². The molecule has 5 heteroatoms. The first kappa shape index (κ1) is 10.2. The van der Waals surface area contributed by atoms with E-state index >= 15 is 0 Å². The lowest BCUT2D eigenvalue weighted by Gasteiger charge is -2.23. The van der Waals surface area contributed by atoms with E-state index in [-0.39, 0.29) is 5.97 Å². The number of nitrogens with zero attached hydrogens (tertiary/aromatic N) is 3. The molecule has 0 unspecified atom stereocenters. The van der Waals surface area contributed by atoms with Crippen LogP contribution in [0.15, 0.2) is 6.20 Å². The minimum absolute atomic E-state index is 0.269. The van der Waals surface area contributed by atoms with Gasteiger partial charge in [0.2, 0.25) is 0 Å². The summed E-state index contributed by atoms with van der Waals surface area (Å²) in [6, 6.07) is 0. The summed E-state index contributed by atoms with van der Waals surface area (Å²) >= 11 is 0. The van der Waals surface area contributed by atoms with E-state index in [0.29, 0.717) is 12.2 Å². The number of carbonyl (C=O) groups is 1. The van der Waals surface area contributed by atoms with E-state index in [2.05, 4.69) is 10.00 Å². The van der Waals surface area contributed by atoms with Crippen molar-refractivity contribution in [2.75, 3.05) is 20.2 Å². The number of carbonyl (C=O) groups excluding carboxylic acids is 1. The van der Waals surface area contributed by atoms with Crippen molar-refractivity contribution < 1.29 is 9.53 Å². The quantitative estimate of drug-likeness (QED) is 0.666. The van der Waals surface area contributed by atoms with Gasteiger partial charge in [0.15, 0.2) is 0 Å². The molecule has 1 aromatic heterocycles. The van der Waals surface area contributed by atoms with Crippen LogP contribution in [0.3, 0.4) is 0 Å². The highest BCUT2D eigenvalue weighted by Crippen LogP contribution is 2.16. The molecule has 5 nitrogen and oxygen atoms in total. The monoisotopic (exact) mass is 209 g/mol. The van der Waals surface area contributed by atoms with Crippen molar-refractivity contribution in [2.45, 2.75) is 20.0 Å². The third-order valence-electron chi connectivity index (χ3n) is 2.56. The Morgan fingerprint density at radius 2 is 2.40 bits per heavy atom. The van der Waals surface area contributed by atoms with Gasteiger partial charge in [0, 0.05) is 13.1 Å². The molecule has 0 aromatic carbocycles. The maximum Gasteiger partial charge on any atom is 0.341 e. The lowest BCUT2D eigenvalue weighted by Crippen LogP contribution is -2.31. The summed E-state index contributed by atoms with van der Waals surface area (Å²) in [6.07, 6.45) is 1.60. The fourth-order valence-electron chi connectivity index (χ4n) is 1.75. The van der Waals surface area contributed by atoms with Gasteiger partial charge in [-0.3, -0.25) is 9.58 Å². The van der Waals surface area contributed by atoms with Crippen LogP contribution < -0.4 is 0 Å². The molecule has 2 heterocycles.